The zero-order valence-corrected chi connectivity index (χ0v) is 9.08. The molecule has 0 radical (unpaired) electrons. The average Bonchev–Trinajstić information content (AvgIpc) is 2.62. The van der Waals surface area contributed by atoms with E-state index in [0.29, 0.717) is 0 Å². The molecule has 0 spiro atoms. The molecule has 1 aromatic heterocycles. The Balaban J connectivity index is 2.32. The molecule has 1 aromatic carbocycles. The molecule has 2 heteroatoms. The number of rotatable bonds is 3. The fourth-order valence-corrected chi connectivity index (χ4v) is 1.77. The Labute approximate surface area is 89.3 Å². The second-order valence-electron chi connectivity index (χ2n) is 4.08. The van der Waals surface area contributed by atoms with Gasteiger partial charge in [0.2, 0.25) is 0 Å². The second-order valence-corrected chi connectivity index (χ2v) is 4.08. The molecule has 15 heavy (non-hydrogen) atoms. The Morgan fingerprint density at radius 3 is 2.87 bits per heavy atom. The van der Waals surface area contributed by atoms with E-state index >= 15 is 0 Å². The van der Waals surface area contributed by atoms with Crippen LogP contribution in [0.3, 0.4) is 0 Å². The summed E-state index contributed by atoms with van der Waals surface area (Å²) < 4.78 is 0. The first-order chi connectivity index (χ1) is 7.18. The van der Waals surface area contributed by atoms with Gasteiger partial charge in [0.05, 0.1) is 0 Å². The molecule has 0 fully saturated rings. The second kappa shape index (κ2) is 3.89. The van der Waals surface area contributed by atoms with Gasteiger partial charge in [-0.1, -0.05) is 25.1 Å². The SMILES string of the molecule is CC(=O)C(C)Cc1c[nH]c2ccccc12. The number of hydrogen-bond donors (Lipinski definition) is 1. The molecule has 2 rings (SSSR count). The number of Topliss-reactive ketones (excluding diaryl/α,β-unsaturated/α-hetero) is 1. The number of carbonyl (C=O) groups is 1. The van der Waals surface area contributed by atoms with Crippen LogP contribution in [0.1, 0.15) is 19.4 Å². The maximum Gasteiger partial charge on any atom is 0.132 e. The number of H-pyrrole nitrogens is 1. The Bertz CT molecular complexity index is 484. The largest absolute Gasteiger partial charge is 0.361 e. The van der Waals surface area contributed by atoms with Crippen molar-refractivity contribution in [1.82, 2.24) is 4.98 Å². The van der Waals surface area contributed by atoms with Gasteiger partial charge in [0.1, 0.15) is 5.78 Å². The van der Waals surface area contributed by atoms with Crippen LogP contribution in [0.25, 0.3) is 10.9 Å². The molecule has 78 valence electrons. The number of nitrogens with one attached hydrogen (secondary N) is 1. The summed E-state index contributed by atoms with van der Waals surface area (Å²) in [6, 6.07) is 8.18. The standard InChI is InChI=1S/C13H15NO/c1-9(10(2)15)7-11-8-14-13-6-4-3-5-12(11)13/h3-6,8-9,14H,7H2,1-2H3. The van der Waals surface area contributed by atoms with Gasteiger partial charge >= 0.3 is 0 Å². The molecule has 0 saturated heterocycles. The van der Waals surface area contributed by atoms with E-state index in [1.165, 1.54) is 10.9 Å². The summed E-state index contributed by atoms with van der Waals surface area (Å²) in [5, 5.41) is 1.23. The smallest absolute Gasteiger partial charge is 0.132 e. The van der Waals surface area contributed by atoms with Gasteiger partial charge in [-0.2, -0.15) is 0 Å². The summed E-state index contributed by atoms with van der Waals surface area (Å²) >= 11 is 0. The van der Waals surface area contributed by atoms with Crippen molar-refractivity contribution in [2.75, 3.05) is 0 Å². The summed E-state index contributed by atoms with van der Waals surface area (Å²) in [7, 11) is 0. The highest BCUT2D eigenvalue weighted by molar-refractivity contribution is 5.84. The molecule has 1 atom stereocenters. The lowest BCUT2D eigenvalue weighted by Gasteiger charge is -2.05. The summed E-state index contributed by atoms with van der Waals surface area (Å²) in [5.41, 5.74) is 2.37. The van der Waals surface area contributed by atoms with Gasteiger partial charge in [-0.15, -0.1) is 0 Å². The number of benzene rings is 1. The van der Waals surface area contributed by atoms with Crippen LogP contribution in [-0.4, -0.2) is 10.8 Å². The van der Waals surface area contributed by atoms with Crippen LogP contribution in [0.5, 0.6) is 0 Å². The number of carbonyl (C=O) groups excluding carboxylic acids is 1. The normalized spacial score (nSPS) is 12.9. The van der Waals surface area contributed by atoms with Crippen molar-refractivity contribution in [1.29, 1.82) is 0 Å². The molecule has 0 bridgehead atoms. The number of aromatic amines is 1. The molecular weight excluding hydrogens is 186 g/mol. The summed E-state index contributed by atoms with van der Waals surface area (Å²) in [6.45, 7) is 3.63. The van der Waals surface area contributed by atoms with Crippen molar-refractivity contribution in [3.05, 3.63) is 36.0 Å². The van der Waals surface area contributed by atoms with Crippen molar-refractivity contribution in [2.24, 2.45) is 5.92 Å². The molecular formula is C13H15NO. The highest BCUT2D eigenvalue weighted by Crippen LogP contribution is 2.20. The molecule has 0 aliphatic carbocycles. The lowest BCUT2D eigenvalue weighted by atomic mass is 9.98. The first-order valence-electron chi connectivity index (χ1n) is 5.24. The number of aromatic nitrogens is 1. The highest BCUT2D eigenvalue weighted by atomic mass is 16.1. The summed E-state index contributed by atoms with van der Waals surface area (Å²) in [6.07, 6.45) is 2.82. The molecule has 0 aliphatic rings. The van der Waals surface area contributed by atoms with Gasteiger partial charge < -0.3 is 4.98 Å². The molecule has 1 N–H and O–H groups in total. The quantitative estimate of drug-likeness (QED) is 0.813. The van der Waals surface area contributed by atoms with Crippen LogP contribution in [-0.2, 0) is 11.2 Å². The van der Waals surface area contributed by atoms with E-state index in [1.54, 1.807) is 6.92 Å². The van der Waals surface area contributed by atoms with Crippen molar-refractivity contribution >= 4 is 16.7 Å². The van der Waals surface area contributed by atoms with Gasteiger partial charge in [0.15, 0.2) is 0 Å². The predicted molar refractivity (Wildman–Crippen MR) is 61.8 cm³/mol. The number of hydrogen-bond acceptors (Lipinski definition) is 1. The van der Waals surface area contributed by atoms with E-state index in [-0.39, 0.29) is 11.7 Å². The van der Waals surface area contributed by atoms with Gasteiger partial charge in [-0.25, -0.2) is 0 Å². The van der Waals surface area contributed by atoms with Gasteiger partial charge in [0, 0.05) is 23.0 Å². The highest BCUT2D eigenvalue weighted by Gasteiger charge is 2.11. The zero-order valence-electron chi connectivity index (χ0n) is 9.08. The fraction of sp³-hybridized carbons (Fsp3) is 0.308. The molecule has 0 aliphatic heterocycles. The predicted octanol–water partition coefficient (Wildman–Crippen LogP) is 2.94. The van der Waals surface area contributed by atoms with Crippen LogP contribution in [0.4, 0.5) is 0 Å². The van der Waals surface area contributed by atoms with Crippen LogP contribution < -0.4 is 0 Å². The molecule has 0 saturated carbocycles. The van der Waals surface area contributed by atoms with Crippen LogP contribution in [0.2, 0.25) is 0 Å². The topological polar surface area (TPSA) is 32.9 Å². The fourth-order valence-electron chi connectivity index (χ4n) is 1.77. The Morgan fingerprint density at radius 2 is 2.13 bits per heavy atom. The lowest BCUT2D eigenvalue weighted by Crippen LogP contribution is -2.08. The first kappa shape index (κ1) is 9.97. The third-order valence-corrected chi connectivity index (χ3v) is 2.90. The van der Waals surface area contributed by atoms with Gasteiger partial charge in [-0.3, -0.25) is 4.79 Å². The first-order valence-corrected chi connectivity index (χ1v) is 5.24. The van der Waals surface area contributed by atoms with Crippen molar-refractivity contribution < 1.29 is 4.79 Å². The number of ketones is 1. The molecule has 0 amide bonds. The zero-order chi connectivity index (χ0) is 10.8. The maximum atomic E-state index is 11.2. The number of fused-ring (bicyclic) bond motifs is 1. The van der Waals surface area contributed by atoms with E-state index in [0.717, 1.165) is 11.9 Å². The minimum absolute atomic E-state index is 0.101. The minimum atomic E-state index is 0.101. The average molecular weight is 201 g/mol. The van der Waals surface area contributed by atoms with E-state index in [1.807, 2.05) is 25.3 Å². The molecule has 2 nitrogen and oxygen atoms in total. The van der Waals surface area contributed by atoms with Gasteiger partial charge in [0.25, 0.3) is 0 Å². The van der Waals surface area contributed by atoms with Crippen molar-refractivity contribution in [2.45, 2.75) is 20.3 Å². The van der Waals surface area contributed by atoms with E-state index < -0.39 is 0 Å². The van der Waals surface area contributed by atoms with Crippen molar-refractivity contribution in [3.63, 3.8) is 0 Å². The third-order valence-electron chi connectivity index (χ3n) is 2.90. The Hall–Kier alpha value is -1.57. The van der Waals surface area contributed by atoms with E-state index in [9.17, 15) is 4.79 Å². The van der Waals surface area contributed by atoms with E-state index in [4.69, 9.17) is 0 Å². The van der Waals surface area contributed by atoms with Crippen LogP contribution in [0.15, 0.2) is 30.5 Å². The van der Waals surface area contributed by atoms with Gasteiger partial charge in [-0.05, 0) is 25.0 Å². The number of para-hydroxylation sites is 1. The van der Waals surface area contributed by atoms with Crippen LogP contribution in [0, 0.1) is 5.92 Å². The lowest BCUT2D eigenvalue weighted by molar-refractivity contribution is -0.120. The summed E-state index contributed by atoms with van der Waals surface area (Å²) in [5.74, 6) is 0.351. The monoisotopic (exact) mass is 201 g/mol. The van der Waals surface area contributed by atoms with Crippen LogP contribution >= 0.6 is 0 Å². The third kappa shape index (κ3) is 1.94. The maximum absolute atomic E-state index is 11.2. The van der Waals surface area contributed by atoms with E-state index in [2.05, 4.69) is 17.1 Å². The minimum Gasteiger partial charge on any atom is -0.361 e. The molecule has 2 aromatic rings. The molecule has 1 heterocycles. The van der Waals surface area contributed by atoms with Crippen molar-refractivity contribution in [3.8, 4) is 0 Å². The Kier molecular flexibility index (Phi) is 2.58. The molecule has 1 unspecified atom stereocenters. The summed E-state index contributed by atoms with van der Waals surface area (Å²) in [4.78, 5) is 14.4. The Morgan fingerprint density at radius 1 is 1.40 bits per heavy atom.